The summed E-state index contributed by atoms with van der Waals surface area (Å²) in [5, 5.41) is 4.28. The smallest absolute Gasteiger partial charge is 0.128 e. The quantitative estimate of drug-likeness (QED) is 0.771. The molecule has 0 unspecified atom stereocenters. The molecule has 0 bridgehead atoms. The summed E-state index contributed by atoms with van der Waals surface area (Å²) in [6.07, 6.45) is 0. The SMILES string of the molecule is Fc1ccc(Cl)cc1CNc1ccc(Cl)cc1Br. The van der Waals surface area contributed by atoms with Crippen LogP contribution in [0.5, 0.6) is 0 Å². The molecule has 2 aromatic carbocycles. The van der Waals surface area contributed by atoms with E-state index in [9.17, 15) is 4.39 Å². The highest BCUT2D eigenvalue weighted by molar-refractivity contribution is 9.10. The van der Waals surface area contributed by atoms with Gasteiger partial charge in [-0.25, -0.2) is 4.39 Å². The molecule has 0 saturated heterocycles. The van der Waals surface area contributed by atoms with Gasteiger partial charge in [0.15, 0.2) is 0 Å². The molecule has 18 heavy (non-hydrogen) atoms. The summed E-state index contributed by atoms with van der Waals surface area (Å²) in [6.45, 7) is 0.354. The summed E-state index contributed by atoms with van der Waals surface area (Å²) in [7, 11) is 0. The molecule has 2 rings (SSSR count). The van der Waals surface area contributed by atoms with Crippen molar-refractivity contribution in [2.45, 2.75) is 6.54 Å². The molecule has 0 aliphatic heterocycles. The lowest BCUT2D eigenvalue weighted by atomic mass is 10.2. The third kappa shape index (κ3) is 3.37. The fourth-order valence-corrected chi connectivity index (χ4v) is 2.52. The maximum absolute atomic E-state index is 13.5. The highest BCUT2D eigenvalue weighted by atomic mass is 79.9. The maximum Gasteiger partial charge on any atom is 0.128 e. The van der Waals surface area contributed by atoms with E-state index in [2.05, 4.69) is 21.2 Å². The monoisotopic (exact) mass is 347 g/mol. The first-order chi connectivity index (χ1) is 8.56. The highest BCUT2D eigenvalue weighted by Gasteiger charge is 2.05. The normalized spacial score (nSPS) is 10.4. The van der Waals surface area contributed by atoms with Gasteiger partial charge in [0.1, 0.15) is 5.82 Å². The molecule has 0 radical (unpaired) electrons. The van der Waals surface area contributed by atoms with Crippen LogP contribution < -0.4 is 5.32 Å². The number of benzene rings is 2. The van der Waals surface area contributed by atoms with Crippen molar-refractivity contribution in [1.82, 2.24) is 0 Å². The van der Waals surface area contributed by atoms with E-state index in [0.29, 0.717) is 22.2 Å². The number of nitrogens with one attached hydrogen (secondary N) is 1. The molecule has 0 aromatic heterocycles. The van der Waals surface area contributed by atoms with Gasteiger partial charge in [-0.15, -0.1) is 0 Å². The van der Waals surface area contributed by atoms with Crippen LogP contribution in [0.4, 0.5) is 10.1 Å². The summed E-state index contributed by atoms with van der Waals surface area (Å²) in [5.74, 6) is -0.281. The summed E-state index contributed by atoms with van der Waals surface area (Å²) in [5.41, 5.74) is 1.36. The van der Waals surface area contributed by atoms with Crippen molar-refractivity contribution in [3.63, 3.8) is 0 Å². The van der Waals surface area contributed by atoms with E-state index in [1.165, 1.54) is 12.1 Å². The van der Waals surface area contributed by atoms with Crippen molar-refractivity contribution in [2.24, 2.45) is 0 Å². The predicted molar refractivity (Wildman–Crippen MR) is 77.9 cm³/mol. The maximum atomic E-state index is 13.5. The lowest BCUT2D eigenvalue weighted by Gasteiger charge is -2.10. The lowest BCUT2D eigenvalue weighted by Crippen LogP contribution is -2.02. The number of hydrogen-bond acceptors (Lipinski definition) is 1. The van der Waals surface area contributed by atoms with Gasteiger partial charge in [-0.2, -0.15) is 0 Å². The standard InChI is InChI=1S/C13H9BrCl2FN/c14-11-6-10(16)2-4-13(11)18-7-8-5-9(15)1-3-12(8)17/h1-6,18H,7H2. The molecule has 0 atom stereocenters. The highest BCUT2D eigenvalue weighted by Crippen LogP contribution is 2.26. The van der Waals surface area contributed by atoms with E-state index in [4.69, 9.17) is 23.2 Å². The largest absolute Gasteiger partial charge is 0.380 e. The van der Waals surface area contributed by atoms with Crippen LogP contribution in [-0.4, -0.2) is 0 Å². The zero-order valence-corrected chi connectivity index (χ0v) is 12.3. The molecule has 1 nitrogen and oxygen atoms in total. The Labute approximate surface area is 123 Å². The zero-order chi connectivity index (χ0) is 13.1. The molecular formula is C13H9BrCl2FN. The van der Waals surface area contributed by atoms with Crippen molar-refractivity contribution in [3.05, 3.63) is 62.3 Å². The van der Waals surface area contributed by atoms with Crippen LogP contribution in [0.1, 0.15) is 5.56 Å². The van der Waals surface area contributed by atoms with Crippen LogP contribution in [0.15, 0.2) is 40.9 Å². The van der Waals surface area contributed by atoms with Crippen molar-refractivity contribution in [3.8, 4) is 0 Å². The average molecular weight is 349 g/mol. The Kier molecular flexibility index (Phi) is 4.49. The van der Waals surface area contributed by atoms with Crippen LogP contribution >= 0.6 is 39.1 Å². The van der Waals surface area contributed by atoms with Gasteiger partial charge >= 0.3 is 0 Å². The molecule has 0 spiro atoms. The van der Waals surface area contributed by atoms with Gasteiger partial charge in [0.05, 0.1) is 0 Å². The Bertz CT molecular complexity index is 575. The number of hydrogen-bond donors (Lipinski definition) is 1. The third-order valence-electron chi connectivity index (χ3n) is 2.41. The Hall–Kier alpha value is -0.770. The molecule has 0 saturated carbocycles. The minimum Gasteiger partial charge on any atom is -0.380 e. The molecule has 0 aliphatic rings. The van der Waals surface area contributed by atoms with Crippen LogP contribution in [0.25, 0.3) is 0 Å². The van der Waals surface area contributed by atoms with Gasteiger partial charge in [-0.05, 0) is 52.3 Å². The van der Waals surface area contributed by atoms with Crippen LogP contribution in [0.3, 0.4) is 0 Å². The van der Waals surface area contributed by atoms with Gasteiger partial charge in [0, 0.05) is 32.3 Å². The van der Waals surface area contributed by atoms with Crippen molar-refractivity contribution in [2.75, 3.05) is 5.32 Å². The Morgan fingerprint density at radius 1 is 1.06 bits per heavy atom. The van der Waals surface area contributed by atoms with E-state index >= 15 is 0 Å². The third-order valence-corrected chi connectivity index (χ3v) is 3.53. The fourth-order valence-electron chi connectivity index (χ4n) is 1.50. The number of halogens is 4. The first-order valence-corrected chi connectivity index (χ1v) is 6.74. The van der Waals surface area contributed by atoms with Crippen LogP contribution in [-0.2, 0) is 6.54 Å². The van der Waals surface area contributed by atoms with E-state index in [0.717, 1.165) is 10.2 Å². The number of rotatable bonds is 3. The Balaban J connectivity index is 2.13. The molecular weight excluding hydrogens is 340 g/mol. The minimum atomic E-state index is -0.281. The van der Waals surface area contributed by atoms with Crippen molar-refractivity contribution < 1.29 is 4.39 Å². The molecule has 0 fully saturated rings. The summed E-state index contributed by atoms with van der Waals surface area (Å²) < 4.78 is 14.3. The Morgan fingerprint density at radius 3 is 2.44 bits per heavy atom. The molecule has 0 amide bonds. The van der Waals surface area contributed by atoms with Crippen molar-refractivity contribution >= 4 is 44.8 Å². The van der Waals surface area contributed by atoms with E-state index in [1.807, 2.05) is 6.07 Å². The molecule has 5 heteroatoms. The van der Waals surface area contributed by atoms with Gasteiger partial charge in [0.25, 0.3) is 0 Å². The first-order valence-electron chi connectivity index (χ1n) is 5.19. The second-order valence-corrected chi connectivity index (χ2v) is 5.44. The molecule has 94 valence electrons. The zero-order valence-electron chi connectivity index (χ0n) is 9.18. The summed E-state index contributed by atoms with van der Waals surface area (Å²) in [6, 6.07) is 9.86. The fraction of sp³-hybridized carbons (Fsp3) is 0.0769. The van der Waals surface area contributed by atoms with E-state index in [1.54, 1.807) is 18.2 Å². The van der Waals surface area contributed by atoms with Crippen LogP contribution in [0.2, 0.25) is 10.0 Å². The molecule has 0 aliphatic carbocycles. The Morgan fingerprint density at radius 2 is 1.72 bits per heavy atom. The molecule has 0 heterocycles. The second-order valence-electron chi connectivity index (χ2n) is 3.71. The van der Waals surface area contributed by atoms with Crippen molar-refractivity contribution in [1.29, 1.82) is 0 Å². The van der Waals surface area contributed by atoms with E-state index in [-0.39, 0.29) is 5.82 Å². The first kappa shape index (κ1) is 13.7. The molecule has 2 aromatic rings. The lowest BCUT2D eigenvalue weighted by molar-refractivity contribution is 0.613. The predicted octanol–water partition coefficient (Wildman–Crippen LogP) is 5.51. The van der Waals surface area contributed by atoms with E-state index < -0.39 is 0 Å². The van der Waals surface area contributed by atoms with Gasteiger partial charge in [0.2, 0.25) is 0 Å². The summed E-state index contributed by atoms with van der Waals surface area (Å²) in [4.78, 5) is 0. The van der Waals surface area contributed by atoms with Crippen LogP contribution in [0, 0.1) is 5.82 Å². The number of anilines is 1. The van der Waals surface area contributed by atoms with Gasteiger partial charge in [-0.3, -0.25) is 0 Å². The summed E-state index contributed by atoms with van der Waals surface area (Å²) >= 11 is 15.1. The average Bonchev–Trinajstić information content (AvgIpc) is 2.32. The second kappa shape index (κ2) is 5.91. The topological polar surface area (TPSA) is 12.0 Å². The van der Waals surface area contributed by atoms with Gasteiger partial charge in [-0.1, -0.05) is 23.2 Å². The molecule has 1 N–H and O–H groups in total. The minimum absolute atomic E-state index is 0.281. The van der Waals surface area contributed by atoms with Gasteiger partial charge < -0.3 is 5.32 Å².